The molecule has 180 valence electrons. The van der Waals surface area contributed by atoms with E-state index in [-0.39, 0.29) is 35.6 Å². The molecule has 6 rings (SSSR count). The number of benzene rings is 1. The maximum atomic E-state index is 15.1. The molecule has 0 saturated carbocycles. The van der Waals surface area contributed by atoms with Crippen molar-refractivity contribution >= 4 is 28.3 Å². The molecule has 0 amide bonds. The van der Waals surface area contributed by atoms with Crippen molar-refractivity contribution in [1.82, 2.24) is 9.97 Å². The Balaban J connectivity index is 1.29. The van der Waals surface area contributed by atoms with Crippen molar-refractivity contribution in [2.75, 3.05) is 44.4 Å². The lowest BCUT2D eigenvalue weighted by molar-refractivity contribution is 0.00794. The van der Waals surface area contributed by atoms with E-state index in [1.54, 1.807) is 12.1 Å². The first-order valence-corrected chi connectivity index (χ1v) is 11.4. The number of aliphatic hydroxyl groups is 1. The minimum absolute atomic E-state index is 0.00903. The third-order valence-corrected chi connectivity index (χ3v) is 6.72. The maximum Gasteiger partial charge on any atom is 0.193 e. The summed E-state index contributed by atoms with van der Waals surface area (Å²) >= 11 is 6.39. The van der Waals surface area contributed by atoms with Crippen molar-refractivity contribution in [3.63, 3.8) is 0 Å². The number of hydrogen-bond acceptors (Lipinski definition) is 7. The van der Waals surface area contributed by atoms with E-state index in [0.717, 1.165) is 0 Å². The molecule has 4 atom stereocenters. The van der Waals surface area contributed by atoms with Crippen LogP contribution >= 0.6 is 11.6 Å². The maximum absolute atomic E-state index is 15.1. The number of aromatic amines is 1. The zero-order valence-electron chi connectivity index (χ0n) is 18.0. The van der Waals surface area contributed by atoms with Gasteiger partial charge in [0, 0.05) is 24.8 Å². The van der Waals surface area contributed by atoms with E-state index in [9.17, 15) is 5.11 Å². The highest BCUT2D eigenvalue weighted by atomic mass is 35.5. The van der Waals surface area contributed by atoms with Crippen LogP contribution < -0.4 is 9.64 Å². The second kappa shape index (κ2) is 8.62. The average molecular weight is 494 g/mol. The topological polar surface area (TPSA) is 89.1 Å². The number of fused-ring (bicyclic) bond motifs is 2. The van der Waals surface area contributed by atoms with Gasteiger partial charge >= 0.3 is 0 Å². The lowest BCUT2D eigenvalue weighted by Gasteiger charge is -2.29. The fourth-order valence-electron chi connectivity index (χ4n) is 4.74. The van der Waals surface area contributed by atoms with Gasteiger partial charge in [0.15, 0.2) is 12.0 Å². The third kappa shape index (κ3) is 3.79. The average Bonchev–Trinajstić information content (AvgIpc) is 3.51. The number of nitrogens with zero attached hydrogens (tertiary/aromatic N) is 2. The summed E-state index contributed by atoms with van der Waals surface area (Å²) in [5.41, 5.74) is 1.17. The van der Waals surface area contributed by atoms with E-state index < -0.39 is 29.9 Å². The van der Waals surface area contributed by atoms with E-state index in [0.29, 0.717) is 48.9 Å². The molecule has 2 N–H and O–H groups in total. The first-order valence-electron chi connectivity index (χ1n) is 11.1. The number of halogens is 3. The predicted molar refractivity (Wildman–Crippen MR) is 119 cm³/mol. The molecule has 3 aliphatic heterocycles. The minimum Gasteiger partial charge on any atom is -0.470 e. The van der Waals surface area contributed by atoms with Gasteiger partial charge in [-0.25, -0.2) is 13.8 Å². The molecule has 3 aromatic rings. The van der Waals surface area contributed by atoms with Crippen LogP contribution in [0.1, 0.15) is 0 Å². The minimum atomic E-state index is -0.742. The van der Waals surface area contributed by atoms with Crippen molar-refractivity contribution in [2.24, 2.45) is 0 Å². The van der Waals surface area contributed by atoms with Crippen molar-refractivity contribution in [3.05, 3.63) is 40.9 Å². The van der Waals surface area contributed by atoms with Crippen LogP contribution in [0.2, 0.25) is 5.02 Å². The number of nitrogens with one attached hydrogen (secondary N) is 1. The number of hydrogen-bond donors (Lipinski definition) is 2. The van der Waals surface area contributed by atoms with Gasteiger partial charge in [0.05, 0.1) is 53.7 Å². The second-order valence-electron chi connectivity index (χ2n) is 8.59. The van der Waals surface area contributed by atoms with Crippen molar-refractivity contribution in [3.8, 4) is 17.1 Å². The summed E-state index contributed by atoms with van der Waals surface area (Å²) in [6, 6.07) is 5.78. The Morgan fingerprint density at radius 3 is 2.56 bits per heavy atom. The highest BCUT2D eigenvalue weighted by Crippen LogP contribution is 2.36. The Labute approximate surface area is 198 Å². The summed E-state index contributed by atoms with van der Waals surface area (Å²) in [7, 11) is 0. The summed E-state index contributed by atoms with van der Waals surface area (Å²) in [5, 5.41) is 10.00. The van der Waals surface area contributed by atoms with Gasteiger partial charge in [0.25, 0.3) is 0 Å². The Hall–Kier alpha value is -2.50. The van der Waals surface area contributed by atoms with Crippen LogP contribution in [0.4, 0.5) is 14.5 Å². The van der Waals surface area contributed by atoms with Crippen molar-refractivity contribution < 1.29 is 32.8 Å². The van der Waals surface area contributed by atoms with E-state index in [4.69, 9.17) is 30.5 Å². The highest BCUT2D eigenvalue weighted by molar-refractivity contribution is 6.33. The molecule has 0 bridgehead atoms. The van der Waals surface area contributed by atoms with Crippen LogP contribution in [0, 0.1) is 11.6 Å². The summed E-state index contributed by atoms with van der Waals surface area (Å²) in [6.45, 7) is 2.61. The molecule has 11 heteroatoms. The van der Waals surface area contributed by atoms with Gasteiger partial charge in [-0.2, -0.15) is 0 Å². The van der Waals surface area contributed by atoms with E-state index >= 15 is 8.78 Å². The van der Waals surface area contributed by atoms with E-state index in [1.807, 2.05) is 4.90 Å². The van der Waals surface area contributed by atoms with Crippen LogP contribution in [0.3, 0.4) is 0 Å². The fraction of sp³-hybridized carbons (Fsp3) is 0.435. The predicted octanol–water partition coefficient (Wildman–Crippen LogP) is 2.90. The molecule has 0 spiro atoms. The standard InChI is InChI=1S/C23H22ClF2N3O5/c24-12-7-15-16(8-19(27-15)34-18-10-33-22-17(30)9-32-23(18)22)28-21(12)20-13(25)5-11(6-14(20)26)29-1-3-31-4-2-29/h5-8,17-18,22-23,27,30H,1-4,9-10H2/t17-,18-,22?,23?/m1/s1. The first-order chi connectivity index (χ1) is 16.5. The first kappa shape index (κ1) is 22.0. The number of pyridine rings is 1. The molecule has 0 radical (unpaired) electrons. The number of aromatic nitrogens is 2. The Kier molecular flexibility index (Phi) is 5.57. The Bertz CT molecular complexity index is 1210. The van der Waals surface area contributed by atoms with Gasteiger partial charge in [-0.05, 0) is 18.2 Å². The number of H-pyrrole nitrogens is 1. The molecule has 0 aliphatic carbocycles. The summed E-state index contributed by atoms with van der Waals surface area (Å²) < 4.78 is 52.6. The van der Waals surface area contributed by atoms with Gasteiger partial charge in [-0.3, -0.25) is 0 Å². The molecule has 3 fully saturated rings. The third-order valence-electron chi connectivity index (χ3n) is 6.43. The van der Waals surface area contributed by atoms with Gasteiger partial charge < -0.3 is 33.9 Å². The molecule has 8 nitrogen and oxygen atoms in total. The lowest BCUT2D eigenvalue weighted by Crippen LogP contribution is -2.36. The number of morpholine rings is 1. The molecule has 3 saturated heterocycles. The van der Waals surface area contributed by atoms with Gasteiger partial charge in [-0.1, -0.05) is 11.6 Å². The number of aliphatic hydroxyl groups excluding tert-OH is 1. The van der Waals surface area contributed by atoms with E-state index in [2.05, 4.69) is 9.97 Å². The summed E-state index contributed by atoms with van der Waals surface area (Å²) in [6.07, 6.45) is -1.88. The highest BCUT2D eigenvalue weighted by Gasteiger charge is 2.48. The Morgan fingerprint density at radius 2 is 1.79 bits per heavy atom. The molecule has 1 aromatic carbocycles. The molecule has 34 heavy (non-hydrogen) atoms. The molecule has 2 aromatic heterocycles. The quantitative estimate of drug-likeness (QED) is 0.577. The molecule has 5 heterocycles. The Morgan fingerprint density at radius 1 is 1.06 bits per heavy atom. The van der Waals surface area contributed by atoms with Gasteiger partial charge in [-0.15, -0.1) is 0 Å². The van der Waals surface area contributed by atoms with Crippen LogP contribution in [0.15, 0.2) is 24.3 Å². The molecule has 3 aliphatic rings. The second-order valence-corrected chi connectivity index (χ2v) is 9.00. The van der Waals surface area contributed by atoms with E-state index in [1.165, 1.54) is 12.1 Å². The molecular weight excluding hydrogens is 472 g/mol. The monoisotopic (exact) mass is 493 g/mol. The molecular formula is C23H22ClF2N3O5. The number of ether oxygens (including phenoxy) is 4. The van der Waals surface area contributed by atoms with Gasteiger partial charge in [0.1, 0.15) is 29.9 Å². The normalized spacial score (nSPS) is 26.9. The fourth-order valence-corrected chi connectivity index (χ4v) is 4.99. The van der Waals surface area contributed by atoms with Crippen LogP contribution in [0.25, 0.3) is 22.3 Å². The van der Waals surface area contributed by atoms with Crippen LogP contribution in [0.5, 0.6) is 5.88 Å². The number of rotatable bonds is 4. The smallest absolute Gasteiger partial charge is 0.193 e. The van der Waals surface area contributed by atoms with Crippen LogP contribution in [-0.4, -0.2) is 79.0 Å². The zero-order chi connectivity index (χ0) is 23.4. The summed E-state index contributed by atoms with van der Waals surface area (Å²) in [5.74, 6) is -1.10. The zero-order valence-corrected chi connectivity index (χ0v) is 18.7. The van der Waals surface area contributed by atoms with Crippen molar-refractivity contribution in [1.29, 1.82) is 0 Å². The number of anilines is 1. The summed E-state index contributed by atoms with van der Waals surface area (Å²) in [4.78, 5) is 9.36. The lowest BCUT2D eigenvalue weighted by atomic mass is 10.1. The van der Waals surface area contributed by atoms with Crippen molar-refractivity contribution in [2.45, 2.75) is 24.4 Å². The van der Waals surface area contributed by atoms with Crippen LogP contribution in [-0.2, 0) is 14.2 Å². The van der Waals surface area contributed by atoms with Gasteiger partial charge in [0.2, 0.25) is 0 Å². The SMILES string of the molecule is O[C@@H]1COC2C1OC[C@H]2Oc1cc2nc(-c3c(F)cc(N4CCOCC4)cc3F)c(Cl)cc2[nH]1. The largest absolute Gasteiger partial charge is 0.470 e. The molecule has 2 unspecified atom stereocenters.